The van der Waals surface area contributed by atoms with Crippen molar-refractivity contribution in [1.29, 1.82) is 0 Å². The van der Waals surface area contributed by atoms with E-state index < -0.39 is 8.80 Å². The van der Waals surface area contributed by atoms with E-state index in [0.29, 0.717) is 45.3 Å². The van der Waals surface area contributed by atoms with E-state index in [2.05, 4.69) is 17.5 Å². The summed E-state index contributed by atoms with van der Waals surface area (Å²) < 4.78 is 22.8. The lowest BCUT2D eigenvalue weighted by Gasteiger charge is -2.28. The van der Waals surface area contributed by atoms with Gasteiger partial charge in [0.05, 0.1) is 6.61 Å². The van der Waals surface area contributed by atoms with Crippen molar-refractivity contribution in [2.75, 3.05) is 26.4 Å². The van der Waals surface area contributed by atoms with Crippen molar-refractivity contribution in [3.05, 3.63) is 22.4 Å². The summed E-state index contributed by atoms with van der Waals surface area (Å²) >= 11 is 1.83. The summed E-state index contributed by atoms with van der Waals surface area (Å²) in [5.74, 6) is -0.102. The molecule has 162 valence electrons. The minimum absolute atomic E-state index is 0.102. The van der Waals surface area contributed by atoms with Crippen LogP contribution >= 0.6 is 11.3 Å². The van der Waals surface area contributed by atoms with Gasteiger partial charge in [-0.05, 0) is 57.9 Å². The van der Waals surface area contributed by atoms with E-state index in [9.17, 15) is 4.79 Å². The van der Waals surface area contributed by atoms with Gasteiger partial charge in [-0.2, -0.15) is 0 Å². The Bertz CT molecular complexity index is 478. The molecule has 0 radical (unpaired) electrons. The molecule has 0 aromatic carbocycles. The fourth-order valence-corrected chi connectivity index (χ4v) is 6.43. The van der Waals surface area contributed by atoms with E-state index in [-0.39, 0.29) is 5.97 Å². The molecular weight excluding hydrogens is 392 g/mol. The highest BCUT2D eigenvalue weighted by Crippen LogP contribution is 2.18. The first kappa shape index (κ1) is 25.3. The number of hydrogen-bond acceptors (Lipinski definition) is 6. The summed E-state index contributed by atoms with van der Waals surface area (Å²) in [6, 6.07) is 4.99. The predicted molar refractivity (Wildman–Crippen MR) is 117 cm³/mol. The van der Waals surface area contributed by atoms with E-state index in [4.69, 9.17) is 18.0 Å². The third-order valence-corrected chi connectivity index (χ3v) is 8.45. The molecule has 5 nitrogen and oxygen atoms in total. The summed E-state index contributed by atoms with van der Waals surface area (Å²) in [4.78, 5) is 13.4. The van der Waals surface area contributed by atoms with Gasteiger partial charge in [-0.1, -0.05) is 25.3 Å². The van der Waals surface area contributed by atoms with E-state index in [1.807, 2.05) is 32.1 Å². The Hall–Kier alpha value is -0.733. The molecule has 0 aliphatic rings. The Morgan fingerprint density at radius 3 is 2.18 bits per heavy atom. The number of ether oxygens (including phenoxy) is 1. The molecule has 0 N–H and O–H groups in total. The highest BCUT2D eigenvalue weighted by atomic mass is 32.1. The Labute approximate surface area is 176 Å². The number of unbranched alkanes of at least 4 members (excludes halogenated alkanes) is 4. The zero-order chi connectivity index (χ0) is 20.5. The zero-order valence-corrected chi connectivity index (χ0v) is 19.7. The van der Waals surface area contributed by atoms with Crippen molar-refractivity contribution in [3.63, 3.8) is 0 Å². The van der Waals surface area contributed by atoms with Gasteiger partial charge in [-0.25, -0.2) is 0 Å². The normalized spacial score (nSPS) is 11.7. The number of carbonyl (C=O) groups excluding carboxylic acids is 1. The molecule has 0 aliphatic heterocycles. The van der Waals surface area contributed by atoms with Crippen molar-refractivity contribution in [2.24, 2.45) is 0 Å². The van der Waals surface area contributed by atoms with Crippen molar-refractivity contribution in [2.45, 2.75) is 78.2 Å². The first-order valence-corrected chi connectivity index (χ1v) is 13.6. The molecule has 1 rings (SSSR count). The second-order valence-electron chi connectivity index (χ2n) is 6.65. The van der Waals surface area contributed by atoms with E-state index in [1.165, 1.54) is 30.6 Å². The quantitative estimate of drug-likeness (QED) is 0.172. The fraction of sp³-hybridized carbons (Fsp3) is 0.762. The molecule has 0 saturated carbocycles. The Kier molecular flexibility index (Phi) is 14.6. The van der Waals surface area contributed by atoms with Crippen LogP contribution in [0.3, 0.4) is 0 Å². The summed E-state index contributed by atoms with van der Waals surface area (Å²) in [5, 5.41) is 2.13. The van der Waals surface area contributed by atoms with Crippen LogP contribution in [0, 0.1) is 0 Å². The van der Waals surface area contributed by atoms with Crippen LogP contribution < -0.4 is 0 Å². The average molecular weight is 431 g/mol. The number of hydrogen-bond donors (Lipinski definition) is 0. The molecule has 7 heteroatoms. The van der Waals surface area contributed by atoms with Crippen LogP contribution in [-0.4, -0.2) is 41.2 Å². The summed E-state index contributed by atoms with van der Waals surface area (Å²) in [7, 11) is -2.62. The number of aryl methyl sites for hydroxylation is 1. The zero-order valence-electron chi connectivity index (χ0n) is 17.9. The van der Waals surface area contributed by atoms with Crippen LogP contribution in [0.25, 0.3) is 0 Å². The third-order valence-electron chi connectivity index (χ3n) is 4.37. The number of esters is 1. The SMILES string of the molecule is CCO[Si](CCCOC(=O)CCCCCCCc1cccs1)(OCC)OCC. The summed E-state index contributed by atoms with van der Waals surface area (Å²) in [6.07, 6.45) is 8.04. The third kappa shape index (κ3) is 11.3. The molecule has 1 heterocycles. The van der Waals surface area contributed by atoms with Crippen LogP contribution in [0.2, 0.25) is 6.04 Å². The number of carbonyl (C=O) groups is 1. The Balaban J connectivity index is 2.05. The molecule has 0 unspecified atom stereocenters. The maximum absolute atomic E-state index is 11.9. The van der Waals surface area contributed by atoms with Crippen molar-refractivity contribution in [3.8, 4) is 0 Å². The monoisotopic (exact) mass is 430 g/mol. The van der Waals surface area contributed by atoms with Gasteiger partial charge in [-0.3, -0.25) is 4.79 Å². The van der Waals surface area contributed by atoms with Crippen LogP contribution in [0.4, 0.5) is 0 Å². The minimum atomic E-state index is -2.62. The lowest BCUT2D eigenvalue weighted by Crippen LogP contribution is -2.46. The van der Waals surface area contributed by atoms with E-state index in [1.54, 1.807) is 0 Å². The summed E-state index contributed by atoms with van der Waals surface area (Å²) in [5.41, 5.74) is 0. The van der Waals surface area contributed by atoms with E-state index >= 15 is 0 Å². The van der Waals surface area contributed by atoms with Gasteiger partial charge in [0.25, 0.3) is 0 Å². The van der Waals surface area contributed by atoms with Crippen LogP contribution in [-0.2, 0) is 29.2 Å². The second kappa shape index (κ2) is 16.1. The molecule has 28 heavy (non-hydrogen) atoms. The second-order valence-corrected chi connectivity index (χ2v) is 10.4. The molecule has 0 saturated heterocycles. The van der Waals surface area contributed by atoms with Gasteiger partial charge in [0, 0.05) is 37.2 Å². The predicted octanol–water partition coefficient (Wildman–Crippen LogP) is 5.61. The first-order valence-electron chi connectivity index (χ1n) is 10.8. The molecule has 0 aliphatic carbocycles. The standard InChI is InChI=1S/C21H38O5SSi/c1-4-24-28(25-5-2,26-6-3)19-13-17-23-21(22)16-11-9-7-8-10-14-20-15-12-18-27-20/h12,15,18H,4-11,13-14,16-17,19H2,1-3H3. The Morgan fingerprint density at radius 2 is 1.57 bits per heavy atom. The molecule has 1 aromatic rings. The lowest BCUT2D eigenvalue weighted by atomic mass is 10.1. The van der Waals surface area contributed by atoms with Gasteiger partial charge in [0.1, 0.15) is 0 Å². The molecule has 0 atom stereocenters. The average Bonchev–Trinajstić information content (AvgIpc) is 3.19. The Morgan fingerprint density at radius 1 is 0.929 bits per heavy atom. The van der Waals surface area contributed by atoms with Gasteiger partial charge >= 0.3 is 14.8 Å². The van der Waals surface area contributed by atoms with Gasteiger partial charge in [-0.15, -0.1) is 11.3 Å². The molecule has 0 fully saturated rings. The van der Waals surface area contributed by atoms with Gasteiger partial charge < -0.3 is 18.0 Å². The van der Waals surface area contributed by atoms with Gasteiger partial charge in [0.2, 0.25) is 0 Å². The highest BCUT2D eigenvalue weighted by molar-refractivity contribution is 7.09. The molecular formula is C21H38O5SSi. The largest absolute Gasteiger partial charge is 0.501 e. The van der Waals surface area contributed by atoms with Crippen molar-refractivity contribution >= 4 is 26.1 Å². The fourth-order valence-electron chi connectivity index (χ4n) is 3.10. The molecule has 1 aromatic heterocycles. The first-order chi connectivity index (χ1) is 13.7. The van der Waals surface area contributed by atoms with Crippen molar-refractivity contribution in [1.82, 2.24) is 0 Å². The molecule has 0 bridgehead atoms. The molecule has 0 amide bonds. The molecule has 0 spiro atoms. The number of rotatable bonds is 18. The highest BCUT2D eigenvalue weighted by Gasteiger charge is 2.39. The van der Waals surface area contributed by atoms with Crippen LogP contribution in [0.1, 0.15) is 70.6 Å². The minimum Gasteiger partial charge on any atom is -0.466 e. The van der Waals surface area contributed by atoms with Crippen LogP contribution in [0.5, 0.6) is 0 Å². The smallest absolute Gasteiger partial charge is 0.466 e. The van der Waals surface area contributed by atoms with E-state index in [0.717, 1.165) is 12.8 Å². The maximum atomic E-state index is 11.9. The number of thiophene rings is 1. The van der Waals surface area contributed by atoms with Crippen molar-refractivity contribution < 1.29 is 22.8 Å². The lowest BCUT2D eigenvalue weighted by molar-refractivity contribution is -0.143. The van der Waals surface area contributed by atoms with Crippen LogP contribution in [0.15, 0.2) is 17.5 Å². The van der Waals surface area contributed by atoms with Gasteiger partial charge in [0.15, 0.2) is 0 Å². The topological polar surface area (TPSA) is 54.0 Å². The summed E-state index contributed by atoms with van der Waals surface area (Å²) in [6.45, 7) is 7.95. The maximum Gasteiger partial charge on any atom is 0.501 e.